The summed E-state index contributed by atoms with van der Waals surface area (Å²) in [6.07, 6.45) is 2.76. The molecule has 9 nitrogen and oxygen atoms in total. The lowest BCUT2D eigenvalue weighted by Gasteiger charge is -2.54. The van der Waals surface area contributed by atoms with E-state index in [1.165, 1.54) is 0 Å². The van der Waals surface area contributed by atoms with E-state index in [1.807, 2.05) is 37.3 Å². The highest BCUT2D eigenvalue weighted by Crippen LogP contribution is 2.28. The number of likely N-dealkylation sites (N-methyl/N-ethyl adjacent to an activating group) is 1. The quantitative estimate of drug-likeness (QED) is 0.719. The van der Waals surface area contributed by atoms with Gasteiger partial charge in [0.15, 0.2) is 0 Å². The maximum atomic E-state index is 13.3. The van der Waals surface area contributed by atoms with Gasteiger partial charge in [-0.25, -0.2) is 14.8 Å². The fraction of sp³-hybridized carbons (Fsp3) is 0.609. The molecule has 0 bridgehead atoms. The number of carbonyl (C=O) groups excluding carboxylic acids is 3. The van der Waals surface area contributed by atoms with Gasteiger partial charge in [-0.2, -0.15) is 0 Å². The van der Waals surface area contributed by atoms with Gasteiger partial charge in [0.05, 0.1) is 19.2 Å². The molecule has 174 valence electrons. The predicted octanol–water partition coefficient (Wildman–Crippen LogP) is 1.40. The van der Waals surface area contributed by atoms with Crippen LogP contribution in [0.3, 0.4) is 0 Å². The zero-order chi connectivity index (χ0) is 22.7. The van der Waals surface area contributed by atoms with Gasteiger partial charge < -0.3 is 19.9 Å². The van der Waals surface area contributed by atoms with Crippen molar-refractivity contribution >= 4 is 17.8 Å². The lowest BCUT2D eigenvalue weighted by atomic mass is 10.0. The van der Waals surface area contributed by atoms with E-state index in [4.69, 9.17) is 4.74 Å². The van der Waals surface area contributed by atoms with Gasteiger partial charge in [0, 0.05) is 26.7 Å². The molecule has 3 saturated heterocycles. The predicted molar refractivity (Wildman–Crippen MR) is 118 cm³/mol. The zero-order valence-electron chi connectivity index (χ0n) is 18.9. The summed E-state index contributed by atoms with van der Waals surface area (Å²) in [5.74, 6) is -0.158. The summed E-state index contributed by atoms with van der Waals surface area (Å²) in [6, 6.07) is 8.88. The van der Waals surface area contributed by atoms with E-state index in [2.05, 4.69) is 5.32 Å². The van der Waals surface area contributed by atoms with Gasteiger partial charge in [-0.05, 0) is 24.8 Å². The second kappa shape index (κ2) is 9.87. The van der Waals surface area contributed by atoms with Crippen LogP contribution in [0.25, 0.3) is 0 Å². The number of ether oxygens (including phenoxy) is 1. The molecule has 3 aliphatic heterocycles. The number of amides is 4. The lowest BCUT2D eigenvalue weighted by Crippen LogP contribution is -2.76. The number of hydrogen-bond donors (Lipinski definition) is 1. The van der Waals surface area contributed by atoms with Gasteiger partial charge in [-0.1, -0.05) is 43.7 Å². The summed E-state index contributed by atoms with van der Waals surface area (Å²) >= 11 is 0. The molecule has 4 rings (SSSR count). The standard InChI is InChI=1S/C23H33N5O4/c1-3-8-19-22(30)26(14-18-11-7-12-32-18)15-20-27(19)21(29)16-25(2)28(20)23(31)24-13-17-9-5-4-6-10-17/h4-6,9-10,18-20H,3,7-8,11-16H2,1-2H3,(H,24,31)/t18?,19-,20-/m0/s1. The monoisotopic (exact) mass is 443 g/mol. The first-order chi connectivity index (χ1) is 15.5. The van der Waals surface area contributed by atoms with Crippen molar-refractivity contribution in [1.29, 1.82) is 0 Å². The molecule has 3 aliphatic rings. The number of benzene rings is 1. The highest BCUT2D eigenvalue weighted by Gasteiger charge is 2.50. The van der Waals surface area contributed by atoms with E-state index < -0.39 is 12.2 Å². The Kier molecular flexibility index (Phi) is 6.95. The number of hydrazine groups is 1. The van der Waals surface area contributed by atoms with Crippen molar-refractivity contribution in [2.75, 3.05) is 33.3 Å². The minimum Gasteiger partial charge on any atom is -0.376 e. The Morgan fingerprint density at radius 1 is 1.22 bits per heavy atom. The fourth-order valence-electron chi connectivity index (χ4n) is 4.91. The molecule has 0 saturated carbocycles. The second-order valence-corrected chi connectivity index (χ2v) is 8.77. The van der Waals surface area contributed by atoms with Crippen molar-refractivity contribution in [1.82, 2.24) is 25.1 Å². The number of fused-ring (bicyclic) bond motifs is 1. The highest BCUT2D eigenvalue weighted by molar-refractivity contribution is 5.91. The van der Waals surface area contributed by atoms with Crippen LogP contribution in [0, 0.1) is 0 Å². The molecule has 0 radical (unpaired) electrons. The number of nitrogens with zero attached hydrogens (tertiary/aromatic N) is 4. The normalized spacial score (nSPS) is 26.4. The maximum Gasteiger partial charge on any atom is 0.334 e. The van der Waals surface area contributed by atoms with Crippen molar-refractivity contribution in [3.05, 3.63) is 35.9 Å². The molecule has 32 heavy (non-hydrogen) atoms. The molecule has 4 amide bonds. The van der Waals surface area contributed by atoms with Gasteiger partial charge in [-0.3, -0.25) is 9.59 Å². The Morgan fingerprint density at radius 2 is 2.00 bits per heavy atom. The van der Waals surface area contributed by atoms with Crippen molar-refractivity contribution in [3.8, 4) is 0 Å². The molecule has 1 N–H and O–H groups in total. The van der Waals surface area contributed by atoms with Crippen molar-refractivity contribution in [2.24, 2.45) is 0 Å². The van der Waals surface area contributed by atoms with Crippen LogP contribution in [0.5, 0.6) is 0 Å². The van der Waals surface area contributed by atoms with Gasteiger partial charge in [0.1, 0.15) is 12.2 Å². The van der Waals surface area contributed by atoms with Gasteiger partial charge in [0.2, 0.25) is 11.8 Å². The number of urea groups is 1. The molecule has 3 heterocycles. The van der Waals surface area contributed by atoms with E-state index >= 15 is 0 Å². The summed E-state index contributed by atoms with van der Waals surface area (Å²) in [6.45, 7) is 3.96. The Bertz CT molecular complexity index is 829. The van der Waals surface area contributed by atoms with Gasteiger partial charge in [-0.15, -0.1) is 0 Å². The second-order valence-electron chi connectivity index (χ2n) is 8.77. The van der Waals surface area contributed by atoms with Gasteiger partial charge in [0.25, 0.3) is 0 Å². The van der Waals surface area contributed by atoms with Crippen LogP contribution in [-0.2, 0) is 20.9 Å². The Hall–Kier alpha value is -2.65. The van der Waals surface area contributed by atoms with Crippen LogP contribution in [0.2, 0.25) is 0 Å². The van der Waals surface area contributed by atoms with Crippen molar-refractivity contribution < 1.29 is 19.1 Å². The van der Waals surface area contributed by atoms with Crippen LogP contribution in [-0.4, -0.2) is 89.3 Å². The summed E-state index contributed by atoms with van der Waals surface area (Å²) in [5.41, 5.74) is 0.996. The molecule has 1 aromatic rings. The number of nitrogens with one attached hydrogen (secondary N) is 1. The topological polar surface area (TPSA) is 85.4 Å². The average Bonchev–Trinajstić information content (AvgIpc) is 3.29. The van der Waals surface area contributed by atoms with E-state index in [-0.39, 0.29) is 37.0 Å². The van der Waals surface area contributed by atoms with Crippen LogP contribution in [0.15, 0.2) is 30.3 Å². The molecule has 0 aromatic heterocycles. The molecule has 1 aromatic carbocycles. The SMILES string of the molecule is CCC[C@H]1C(=O)N(CC2CCCO2)C[C@H]2N1C(=O)CN(C)N2C(=O)NCc1ccccc1. The van der Waals surface area contributed by atoms with Crippen LogP contribution >= 0.6 is 0 Å². The zero-order valence-corrected chi connectivity index (χ0v) is 18.9. The van der Waals surface area contributed by atoms with E-state index in [0.29, 0.717) is 19.5 Å². The third-order valence-corrected chi connectivity index (χ3v) is 6.44. The van der Waals surface area contributed by atoms with Gasteiger partial charge >= 0.3 is 6.03 Å². The molecular formula is C23H33N5O4. The van der Waals surface area contributed by atoms with E-state index in [9.17, 15) is 14.4 Å². The molecule has 0 spiro atoms. The highest BCUT2D eigenvalue weighted by atomic mass is 16.5. The van der Waals surface area contributed by atoms with Crippen LogP contribution in [0.4, 0.5) is 4.79 Å². The molecule has 3 fully saturated rings. The average molecular weight is 444 g/mol. The molecule has 0 aliphatic carbocycles. The Morgan fingerprint density at radius 3 is 2.69 bits per heavy atom. The maximum absolute atomic E-state index is 13.3. The Balaban J connectivity index is 1.55. The number of rotatable bonds is 6. The summed E-state index contributed by atoms with van der Waals surface area (Å²) in [5, 5.41) is 6.23. The van der Waals surface area contributed by atoms with Crippen molar-refractivity contribution in [3.63, 3.8) is 0 Å². The fourth-order valence-corrected chi connectivity index (χ4v) is 4.91. The van der Waals surface area contributed by atoms with Crippen molar-refractivity contribution in [2.45, 2.75) is 57.5 Å². The first-order valence-corrected chi connectivity index (χ1v) is 11.5. The largest absolute Gasteiger partial charge is 0.376 e. The van der Waals surface area contributed by atoms with Crippen LogP contribution < -0.4 is 5.32 Å². The number of carbonyl (C=O) groups is 3. The minimum atomic E-state index is -0.550. The smallest absolute Gasteiger partial charge is 0.334 e. The summed E-state index contributed by atoms with van der Waals surface area (Å²) < 4.78 is 5.76. The lowest BCUT2D eigenvalue weighted by molar-refractivity contribution is -0.188. The Labute approximate surface area is 189 Å². The summed E-state index contributed by atoms with van der Waals surface area (Å²) in [7, 11) is 1.74. The number of hydrogen-bond acceptors (Lipinski definition) is 5. The van der Waals surface area contributed by atoms with E-state index in [0.717, 1.165) is 31.4 Å². The molecular weight excluding hydrogens is 410 g/mol. The van der Waals surface area contributed by atoms with Crippen LogP contribution in [0.1, 0.15) is 38.2 Å². The molecule has 3 atom stereocenters. The summed E-state index contributed by atoms with van der Waals surface area (Å²) in [4.78, 5) is 43.0. The third kappa shape index (κ3) is 4.59. The molecule has 9 heteroatoms. The minimum absolute atomic E-state index is 0.0187. The molecule has 1 unspecified atom stereocenters. The third-order valence-electron chi connectivity index (χ3n) is 6.44. The van der Waals surface area contributed by atoms with E-state index in [1.54, 1.807) is 26.9 Å². The first-order valence-electron chi connectivity index (χ1n) is 11.5. The first kappa shape index (κ1) is 22.5. The number of piperazine rings is 1.